The van der Waals surface area contributed by atoms with E-state index in [1.807, 2.05) is 24.3 Å². The Morgan fingerprint density at radius 2 is 1.36 bits per heavy atom. The summed E-state index contributed by atoms with van der Waals surface area (Å²) in [7, 11) is 0. The summed E-state index contributed by atoms with van der Waals surface area (Å²) in [5, 5.41) is 0. The van der Waals surface area contributed by atoms with E-state index in [0.29, 0.717) is 0 Å². The van der Waals surface area contributed by atoms with Crippen LogP contribution in [-0.2, 0) is 6.54 Å². The predicted octanol–water partition coefficient (Wildman–Crippen LogP) is -0.974. The molecule has 2 heteroatoms. The third kappa shape index (κ3) is 3.10. The van der Waals surface area contributed by atoms with Crippen molar-refractivity contribution in [1.82, 2.24) is 0 Å². The summed E-state index contributed by atoms with van der Waals surface area (Å²) in [4.78, 5) is 0. The first-order chi connectivity index (χ1) is 6.45. The molecule has 0 unspecified atom stereocenters. The number of hydrogen-bond acceptors (Lipinski definition) is 0. The van der Waals surface area contributed by atoms with Gasteiger partial charge in [-0.05, 0) is 0 Å². The van der Waals surface area contributed by atoms with Gasteiger partial charge < -0.3 is 24.0 Å². The third-order valence-corrected chi connectivity index (χ3v) is 1.99. The molecule has 0 N–H and O–H groups in total. The minimum atomic E-state index is 0. The van der Waals surface area contributed by atoms with Gasteiger partial charge in [0.1, 0.15) is 0 Å². The zero-order valence-corrected chi connectivity index (χ0v) is 9.96. The predicted molar refractivity (Wildman–Crippen MR) is 52.2 cm³/mol. The van der Waals surface area contributed by atoms with E-state index in [2.05, 4.69) is 41.2 Å². The fourth-order valence-corrected chi connectivity index (χ4v) is 1.33. The quantitative estimate of drug-likeness (QED) is 0.496. The fraction of sp³-hybridized carbons (Fsp3) is 0.0833. The Labute approximate surface area is 101 Å². The van der Waals surface area contributed by atoms with Crippen LogP contribution in [0.3, 0.4) is 0 Å². The van der Waals surface area contributed by atoms with E-state index in [9.17, 15) is 0 Å². The number of nitrogens with zero attached hydrogens (tertiary/aromatic N) is 1. The standard InChI is InChI=1S/C12H12N.HI/c1-3-7-12(8-4-1)11-13-9-5-2-6-10-13;/h1-10H,11H2;1H/q+1;/p-1. The van der Waals surface area contributed by atoms with Crippen LogP contribution >= 0.6 is 0 Å². The number of rotatable bonds is 2. The third-order valence-electron chi connectivity index (χ3n) is 1.99. The minimum absolute atomic E-state index is 0. The van der Waals surface area contributed by atoms with Crippen molar-refractivity contribution in [3.63, 3.8) is 0 Å². The van der Waals surface area contributed by atoms with Crippen molar-refractivity contribution >= 4 is 0 Å². The fourth-order valence-electron chi connectivity index (χ4n) is 1.33. The summed E-state index contributed by atoms with van der Waals surface area (Å²) in [5.41, 5.74) is 1.33. The van der Waals surface area contributed by atoms with E-state index in [-0.39, 0.29) is 24.0 Å². The van der Waals surface area contributed by atoms with Crippen LogP contribution in [0, 0.1) is 0 Å². The highest BCUT2D eigenvalue weighted by Crippen LogP contribution is 1.96. The molecule has 0 amide bonds. The molecule has 0 fully saturated rings. The second kappa shape index (κ2) is 5.75. The Kier molecular flexibility index (Phi) is 4.59. The summed E-state index contributed by atoms with van der Waals surface area (Å²) in [5.74, 6) is 0. The maximum Gasteiger partial charge on any atom is 0.173 e. The van der Waals surface area contributed by atoms with Crippen LogP contribution in [0.4, 0.5) is 0 Å². The molecule has 0 saturated carbocycles. The summed E-state index contributed by atoms with van der Waals surface area (Å²) in [6, 6.07) is 16.6. The summed E-state index contributed by atoms with van der Waals surface area (Å²) in [6.45, 7) is 0.946. The molecule has 1 aromatic carbocycles. The van der Waals surface area contributed by atoms with Gasteiger partial charge >= 0.3 is 0 Å². The van der Waals surface area contributed by atoms with Crippen molar-refractivity contribution in [2.75, 3.05) is 0 Å². The van der Waals surface area contributed by atoms with Crippen molar-refractivity contribution in [1.29, 1.82) is 0 Å². The summed E-state index contributed by atoms with van der Waals surface area (Å²) < 4.78 is 2.16. The monoisotopic (exact) mass is 297 g/mol. The topological polar surface area (TPSA) is 3.88 Å². The molecule has 1 aromatic heterocycles. The Bertz CT molecular complexity index is 321. The summed E-state index contributed by atoms with van der Waals surface area (Å²) in [6.07, 6.45) is 4.15. The van der Waals surface area contributed by atoms with Crippen molar-refractivity contribution in [2.45, 2.75) is 6.54 Å². The van der Waals surface area contributed by atoms with Gasteiger partial charge in [0, 0.05) is 17.7 Å². The lowest BCUT2D eigenvalue weighted by Gasteiger charge is -1.95. The first-order valence-corrected chi connectivity index (χ1v) is 4.43. The van der Waals surface area contributed by atoms with Gasteiger partial charge in [-0.2, -0.15) is 0 Å². The normalized spacial score (nSPS) is 9.14. The zero-order valence-electron chi connectivity index (χ0n) is 7.81. The molecule has 0 radical (unpaired) electrons. The van der Waals surface area contributed by atoms with Crippen molar-refractivity contribution < 1.29 is 28.5 Å². The Hall–Kier alpha value is -0.900. The minimum Gasteiger partial charge on any atom is -1.00 e. The van der Waals surface area contributed by atoms with Crippen molar-refractivity contribution in [2.24, 2.45) is 0 Å². The molecule has 2 aromatic rings. The average Bonchev–Trinajstić information content (AvgIpc) is 2.21. The van der Waals surface area contributed by atoms with Gasteiger partial charge in [0.25, 0.3) is 0 Å². The second-order valence-corrected chi connectivity index (χ2v) is 3.03. The molecular weight excluding hydrogens is 285 g/mol. The SMILES string of the molecule is [I-].c1ccc(C[n+]2ccccc2)cc1. The van der Waals surface area contributed by atoms with Crippen LogP contribution in [0.2, 0.25) is 0 Å². The van der Waals surface area contributed by atoms with Gasteiger partial charge in [-0.1, -0.05) is 36.4 Å². The average molecular weight is 297 g/mol. The number of hydrogen-bond donors (Lipinski definition) is 0. The van der Waals surface area contributed by atoms with Crippen LogP contribution in [0.1, 0.15) is 5.56 Å². The van der Waals surface area contributed by atoms with E-state index >= 15 is 0 Å². The zero-order chi connectivity index (χ0) is 8.93. The first-order valence-electron chi connectivity index (χ1n) is 4.43. The maximum absolute atomic E-state index is 2.16. The highest BCUT2D eigenvalue weighted by molar-refractivity contribution is 5.13. The van der Waals surface area contributed by atoms with Crippen LogP contribution in [0.5, 0.6) is 0 Å². The lowest BCUT2D eigenvalue weighted by Crippen LogP contribution is -3.00. The van der Waals surface area contributed by atoms with Crippen LogP contribution < -0.4 is 28.5 Å². The highest BCUT2D eigenvalue weighted by Gasteiger charge is 1.98. The molecule has 0 atom stereocenters. The number of aromatic nitrogens is 1. The second-order valence-electron chi connectivity index (χ2n) is 3.03. The van der Waals surface area contributed by atoms with Gasteiger partial charge in [0.15, 0.2) is 18.9 Å². The molecule has 1 heterocycles. The molecule has 2 rings (SSSR count). The largest absolute Gasteiger partial charge is 1.00 e. The van der Waals surface area contributed by atoms with Gasteiger partial charge in [-0.15, -0.1) is 0 Å². The first kappa shape index (κ1) is 11.2. The molecule has 0 aliphatic heterocycles. The van der Waals surface area contributed by atoms with E-state index in [4.69, 9.17) is 0 Å². The Morgan fingerprint density at radius 1 is 0.786 bits per heavy atom. The number of pyridine rings is 1. The molecule has 14 heavy (non-hydrogen) atoms. The van der Waals surface area contributed by atoms with Gasteiger partial charge in [-0.25, -0.2) is 4.57 Å². The number of benzene rings is 1. The molecule has 1 nitrogen and oxygen atoms in total. The Balaban J connectivity index is 0.000000980. The highest BCUT2D eigenvalue weighted by atomic mass is 127. The van der Waals surface area contributed by atoms with Crippen molar-refractivity contribution in [3.8, 4) is 0 Å². The van der Waals surface area contributed by atoms with Crippen LogP contribution in [-0.4, -0.2) is 0 Å². The smallest absolute Gasteiger partial charge is 0.173 e. The van der Waals surface area contributed by atoms with Crippen LogP contribution in [0.15, 0.2) is 60.9 Å². The van der Waals surface area contributed by atoms with E-state index in [0.717, 1.165) is 6.54 Å². The van der Waals surface area contributed by atoms with E-state index in [1.54, 1.807) is 0 Å². The molecular formula is C12H12IN. The molecule has 0 aliphatic rings. The lowest BCUT2D eigenvalue weighted by molar-refractivity contribution is -0.688. The molecule has 72 valence electrons. The Morgan fingerprint density at radius 3 is 2.00 bits per heavy atom. The molecule has 0 spiro atoms. The van der Waals surface area contributed by atoms with Gasteiger partial charge in [0.05, 0.1) is 0 Å². The van der Waals surface area contributed by atoms with E-state index < -0.39 is 0 Å². The van der Waals surface area contributed by atoms with Gasteiger partial charge in [-0.3, -0.25) is 0 Å². The van der Waals surface area contributed by atoms with Gasteiger partial charge in [0.2, 0.25) is 0 Å². The van der Waals surface area contributed by atoms with E-state index in [1.165, 1.54) is 5.56 Å². The molecule has 0 bridgehead atoms. The van der Waals surface area contributed by atoms with Crippen molar-refractivity contribution in [3.05, 3.63) is 66.5 Å². The van der Waals surface area contributed by atoms with Crippen LogP contribution in [0.25, 0.3) is 0 Å². The number of halogens is 1. The maximum atomic E-state index is 2.16. The molecule has 0 saturated heterocycles. The summed E-state index contributed by atoms with van der Waals surface area (Å²) >= 11 is 0. The molecule has 0 aliphatic carbocycles. The lowest BCUT2D eigenvalue weighted by atomic mass is 10.2.